The summed E-state index contributed by atoms with van der Waals surface area (Å²) in [6.07, 6.45) is -3.96. The zero-order chi connectivity index (χ0) is 30.9. The number of hydrogen-bond acceptors (Lipinski definition) is 5. The Morgan fingerprint density at radius 2 is 1.36 bits per heavy atom. The Bertz CT molecular complexity index is 1320. The number of nitrogens with zero attached hydrogens (tertiary/aromatic N) is 2. The first-order valence-corrected chi connectivity index (χ1v) is 13.7. The van der Waals surface area contributed by atoms with Gasteiger partial charge < -0.3 is 15.5 Å². The summed E-state index contributed by atoms with van der Waals surface area (Å²) in [4.78, 5) is 26.5. The lowest BCUT2D eigenvalue weighted by atomic mass is 9.87. The van der Waals surface area contributed by atoms with E-state index in [1.54, 1.807) is 6.07 Å². The highest BCUT2D eigenvalue weighted by Gasteiger charge is 2.38. The monoisotopic (exact) mass is 585 g/mol. The van der Waals surface area contributed by atoms with Gasteiger partial charge in [0.05, 0.1) is 0 Å². The topological polar surface area (TPSA) is 93.1 Å². The minimum Gasteiger partial charge on any atom is -0.508 e. The Hall–Kier alpha value is -3.89. The average Bonchev–Trinajstić information content (AvgIpc) is 3.13. The van der Waals surface area contributed by atoms with Crippen molar-refractivity contribution >= 4 is 17.6 Å². The van der Waals surface area contributed by atoms with E-state index in [0.29, 0.717) is 11.3 Å². The number of aromatic hydroxyl groups is 1. The summed E-state index contributed by atoms with van der Waals surface area (Å²) in [5.41, 5.74) is 5.19. The Kier molecular flexibility index (Phi) is 11.1. The van der Waals surface area contributed by atoms with Crippen molar-refractivity contribution < 1.29 is 33.0 Å². The molecule has 4 rings (SSSR count). The SMILES string of the molecule is CC(C)(C)c1ccc(NC(=O)c2ccc(CN3CCCN(Cc4cccc(O)c4)CC3)cc2)cc1.O=C(O)C(F)(F)F. The maximum absolute atomic E-state index is 12.7. The molecule has 3 aromatic carbocycles. The summed E-state index contributed by atoms with van der Waals surface area (Å²) < 4.78 is 31.7. The standard InChI is InChI=1S/C30H37N3O2.C2HF3O2/c1-30(2,3)26-12-14-27(15-13-26)31-29(35)25-10-8-23(9-11-25)21-32-16-5-17-33(19-18-32)22-24-6-4-7-28(34)20-24;3-2(4,5)1(6)7/h4,6-15,20,34H,5,16-19,21-22H2,1-3H3,(H,31,35);(H,6,7). The molecule has 0 aliphatic carbocycles. The van der Waals surface area contributed by atoms with E-state index in [1.165, 1.54) is 11.1 Å². The predicted molar refractivity (Wildman–Crippen MR) is 157 cm³/mol. The van der Waals surface area contributed by atoms with Gasteiger partial charge in [-0.05, 0) is 78.0 Å². The van der Waals surface area contributed by atoms with Crippen LogP contribution >= 0.6 is 0 Å². The second-order valence-electron chi connectivity index (χ2n) is 11.4. The summed E-state index contributed by atoms with van der Waals surface area (Å²) >= 11 is 0. The van der Waals surface area contributed by atoms with Crippen LogP contribution in [-0.2, 0) is 23.3 Å². The van der Waals surface area contributed by atoms with Crippen molar-refractivity contribution in [3.05, 3.63) is 95.1 Å². The normalized spacial score (nSPS) is 14.8. The van der Waals surface area contributed by atoms with Crippen molar-refractivity contribution in [2.45, 2.75) is 51.9 Å². The molecule has 0 radical (unpaired) electrons. The zero-order valence-electron chi connectivity index (χ0n) is 24.1. The van der Waals surface area contributed by atoms with E-state index in [1.807, 2.05) is 36.4 Å². The first-order valence-electron chi connectivity index (χ1n) is 13.7. The molecule has 42 heavy (non-hydrogen) atoms. The number of phenolic OH excluding ortho intramolecular Hbond substituents is 1. The van der Waals surface area contributed by atoms with E-state index in [0.717, 1.165) is 56.9 Å². The Morgan fingerprint density at radius 1 is 0.810 bits per heavy atom. The minimum atomic E-state index is -5.08. The first kappa shape index (κ1) is 32.6. The van der Waals surface area contributed by atoms with Crippen molar-refractivity contribution in [3.8, 4) is 5.75 Å². The lowest BCUT2D eigenvalue weighted by molar-refractivity contribution is -0.192. The molecule has 1 aliphatic heterocycles. The second kappa shape index (κ2) is 14.3. The van der Waals surface area contributed by atoms with Crippen molar-refractivity contribution in [2.75, 3.05) is 31.5 Å². The van der Waals surface area contributed by atoms with Crippen LogP contribution in [0.25, 0.3) is 0 Å². The molecule has 226 valence electrons. The number of rotatable bonds is 6. The van der Waals surface area contributed by atoms with E-state index in [4.69, 9.17) is 9.90 Å². The van der Waals surface area contributed by atoms with Crippen LogP contribution in [-0.4, -0.2) is 64.2 Å². The third-order valence-corrected chi connectivity index (χ3v) is 6.87. The number of benzene rings is 3. The van der Waals surface area contributed by atoms with E-state index in [-0.39, 0.29) is 11.3 Å². The van der Waals surface area contributed by atoms with Crippen LogP contribution in [0.2, 0.25) is 0 Å². The second-order valence-corrected chi connectivity index (χ2v) is 11.4. The van der Waals surface area contributed by atoms with Gasteiger partial charge in [0.2, 0.25) is 0 Å². The number of carbonyl (C=O) groups is 2. The predicted octanol–water partition coefficient (Wildman–Crippen LogP) is 6.28. The van der Waals surface area contributed by atoms with E-state index in [9.17, 15) is 23.1 Å². The number of nitrogens with one attached hydrogen (secondary N) is 1. The number of carboxylic acids is 1. The van der Waals surface area contributed by atoms with Crippen LogP contribution < -0.4 is 5.32 Å². The molecule has 0 spiro atoms. The fourth-order valence-corrected chi connectivity index (χ4v) is 4.53. The molecule has 0 aromatic heterocycles. The molecular formula is C32H38F3N3O4. The summed E-state index contributed by atoms with van der Waals surface area (Å²) in [7, 11) is 0. The van der Waals surface area contributed by atoms with Gasteiger partial charge >= 0.3 is 12.1 Å². The minimum absolute atomic E-state index is 0.0857. The molecule has 0 atom stereocenters. The number of alkyl halides is 3. The van der Waals surface area contributed by atoms with E-state index in [2.05, 4.69) is 66.2 Å². The fraction of sp³-hybridized carbons (Fsp3) is 0.375. The average molecular weight is 586 g/mol. The fourth-order valence-electron chi connectivity index (χ4n) is 4.53. The number of phenols is 1. The van der Waals surface area contributed by atoms with Crippen molar-refractivity contribution in [1.29, 1.82) is 0 Å². The quantitative estimate of drug-likeness (QED) is 0.315. The number of anilines is 1. The highest BCUT2D eigenvalue weighted by Crippen LogP contribution is 2.24. The molecule has 0 saturated carbocycles. The lowest BCUT2D eigenvalue weighted by Gasteiger charge is -2.22. The van der Waals surface area contributed by atoms with Crippen LogP contribution in [0, 0.1) is 0 Å². The maximum atomic E-state index is 12.7. The van der Waals surface area contributed by atoms with Crippen LogP contribution in [0.5, 0.6) is 5.75 Å². The van der Waals surface area contributed by atoms with Gasteiger partial charge in [0.1, 0.15) is 5.75 Å². The highest BCUT2D eigenvalue weighted by molar-refractivity contribution is 6.04. The summed E-state index contributed by atoms with van der Waals surface area (Å²) in [6, 6.07) is 23.6. The van der Waals surface area contributed by atoms with E-state index < -0.39 is 12.1 Å². The zero-order valence-corrected chi connectivity index (χ0v) is 24.1. The van der Waals surface area contributed by atoms with Gasteiger partial charge in [-0.2, -0.15) is 13.2 Å². The third kappa shape index (κ3) is 10.5. The van der Waals surface area contributed by atoms with Gasteiger partial charge in [-0.3, -0.25) is 14.6 Å². The molecule has 1 saturated heterocycles. The van der Waals surface area contributed by atoms with Crippen LogP contribution in [0.15, 0.2) is 72.8 Å². The van der Waals surface area contributed by atoms with E-state index >= 15 is 0 Å². The Labute approximate surface area is 244 Å². The molecular weight excluding hydrogens is 547 g/mol. The number of amides is 1. The maximum Gasteiger partial charge on any atom is 0.490 e. The van der Waals surface area contributed by atoms with Gasteiger partial charge in [0, 0.05) is 37.4 Å². The summed E-state index contributed by atoms with van der Waals surface area (Å²) in [5, 5.41) is 19.8. The Morgan fingerprint density at radius 3 is 1.86 bits per heavy atom. The van der Waals surface area contributed by atoms with Gasteiger partial charge in [0.25, 0.3) is 5.91 Å². The molecule has 1 aliphatic rings. The number of carboxylic acid groups (broad SMARTS) is 1. The van der Waals surface area contributed by atoms with Gasteiger partial charge in [-0.15, -0.1) is 0 Å². The highest BCUT2D eigenvalue weighted by atomic mass is 19.4. The number of halogens is 3. The molecule has 3 aromatic rings. The third-order valence-electron chi connectivity index (χ3n) is 6.87. The smallest absolute Gasteiger partial charge is 0.490 e. The molecule has 10 heteroatoms. The number of hydrogen-bond donors (Lipinski definition) is 3. The van der Waals surface area contributed by atoms with Crippen molar-refractivity contribution in [1.82, 2.24) is 9.80 Å². The number of carbonyl (C=O) groups excluding carboxylic acids is 1. The van der Waals surface area contributed by atoms with Crippen LogP contribution in [0.1, 0.15) is 54.2 Å². The summed E-state index contributed by atoms with van der Waals surface area (Å²) in [5.74, 6) is -2.51. The largest absolute Gasteiger partial charge is 0.508 e. The molecule has 7 nitrogen and oxygen atoms in total. The molecule has 0 unspecified atom stereocenters. The molecule has 1 amide bonds. The molecule has 0 bridgehead atoms. The molecule has 3 N–H and O–H groups in total. The van der Waals surface area contributed by atoms with Crippen molar-refractivity contribution in [2.24, 2.45) is 0 Å². The van der Waals surface area contributed by atoms with Crippen molar-refractivity contribution in [3.63, 3.8) is 0 Å². The summed E-state index contributed by atoms with van der Waals surface area (Å²) in [6.45, 7) is 12.4. The van der Waals surface area contributed by atoms with Crippen LogP contribution in [0.4, 0.5) is 18.9 Å². The van der Waals surface area contributed by atoms with Gasteiger partial charge in [0.15, 0.2) is 0 Å². The Balaban J connectivity index is 0.000000616. The first-order chi connectivity index (χ1) is 19.7. The number of aliphatic carboxylic acids is 1. The lowest BCUT2D eigenvalue weighted by Crippen LogP contribution is -2.30. The molecule has 1 fully saturated rings. The van der Waals surface area contributed by atoms with Crippen LogP contribution in [0.3, 0.4) is 0 Å². The molecule has 1 heterocycles. The van der Waals surface area contributed by atoms with Gasteiger partial charge in [-0.25, -0.2) is 4.79 Å². The van der Waals surface area contributed by atoms with Gasteiger partial charge in [-0.1, -0.05) is 57.2 Å².